The summed E-state index contributed by atoms with van der Waals surface area (Å²) in [5.74, 6) is -0.912. The molecule has 3 heteroatoms. The first-order valence-corrected chi connectivity index (χ1v) is 6.18. The number of aliphatic hydroxyl groups is 1. The highest BCUT2D eigenvalue weighted by molar-refractivity contribution is 5.67. The number of hydrogen-bond donors (Lipinski definition) is 2. The molecule has 0 aliphatic heterocycles. The molecule has 0 radical (unpaired) electrons. The zero-order valence-corrected chi connectivity index (χ0v) is 10.5. The molecule has 98 valence electrons. The van der Waals surface area contributed by atoms with Gasteiger partial charge in [-0.15, -0.1) is 0 Å². The standard InChI is InChI=1S/C16H16O3/c17-15(18)11-12-16(19,13-7-3-1-4-8-13)14-9-5-2-6-10-14/h1-10,19H,11-12H2,(H,17,18). The second-order valence-electron chi connectivity index (χ2n) is 4.49. The molecule has 0 saturated carbocycles. The van der Waals surface area contributed by atoms with Crippen LogP contribution in [0.3, 0.4) is 0 Å². The predicted molar refractivity (Wildman–Crippen MR) is 72.8 cm³/mol. The van der Waals surface area contributed by atoms with E-state index in [1.54, 1.807) is 0 Å². The summed E-state index contributed by atoms with van der Waals surface area (Å²) in [6.07, 6.45) is 0.0661. The SMILES string of the molecule is O=C(O)CCC(O)(c1ccccc1)c1ccccc1. The molecule has 0 aromatic heterocycles. The lowest BCUT2D eigenvalue weighted by Crippen LogP contribution is -2.28. The topological polar surface area (TPSA) is 57.5 Å². The number of carboxylic acids is 1. The summed E-state index contributed by atoms with van der Waals surface area (Å²) in [6.45, 7) is 0. The number of hydrogen-bond acceptors (Lipinski definition) is 2. The van der Waals surface area contributed by atoms with Gasteiger partial charge in [-0.2, -0.15) is 0 Å². The first-order valence-electron chi connectivity index (χ1n) is 6.18. The lowest BCUT2D eigenvalue weighted by molar-refractivity contribution is -0.138. The van der Waals surface area contributed by atoms with Crippen LogP contribution in [0.1, 0.15) is 24.0 Å². The van der Waals surface area contributed by atoms with Crippen molar-refractivity contribution in [3.05, 3.63) is 71.8 Å². The van der Waals surface area contributed by atoms with Crippen LogP contribution in [-0.2, 0) is 10.4 Å². The summed E-state index contributed by atoms with van der Waals surface area (Å²) in [6, 6.07) is 18.3. The molecule has 0 saturated heterocycles. The summed E-state index contributed by atoms with van der Waals surface area (Å²) in [5, 5.41) is 19.8. The van der Waals surface area contributed by atoms with Crippen LogP contribution in [-0.4, -0.2) is 16.2 Å². The second kappa shape index (κ2) is 5.67. The van der Waals surface area contributed by atoms with Gasteiger partial charge in [-0.1, -0.05) is 60.7 Å². The van der Waals surface area contributed by atoms with Gasteiger partial charge in [0.05, 0.1) is 0 Å². The van der Waals surface area contributed by atoms with Crippen LogP contribution in [0.15, 0.2) is 60.7 Å². The monoisotopic (exact) mass is 256 g/mol. The molecule has 2 N–H and O–H groups in total. The van der Waals surface area contributed by atoms with E-state index in [2.05, 4.69) is 0 Å². The van der Waals surface area contributed by atoms with E-state index in [-0.39, 0.29) is 12.8 Å². The Labute approximate surface area is 112 Å². The van der Waals surface area contributed by atoms with Gasteiger partial charge in [0.15, 0.2) is 0 Å². The molecule has 2 aromatic rings. The average molecular weight is 256 g/mol. The fourth-order valence-corrected chi connectivity index (χ4v) is 2.17. The lowest BCUT2D eigenvalue weighted by Gasteiger charge is -2.29. The lowest BCUT2D eigenvalue weighted by atomic mass is 9.82. The fourth-order valence-electron chi connectivity index (χ4n) is 2.17. The minimum atomic E-state index is -1.26. The molecule has 0 aliphatic carbocycles. The van der Waals surface area contributed by atoms with E-state index in [0.29, 0.717) is 11.1 Å². The van der Waals surface area contributed by atoms with E-state index >= 15 is 0 Å². The van der Waals surface area contributed by atoms with Crippen LogP contribution in [0.4, 0.5) is 0 Å². The fraction of sp³-hybridized carbons (Fsp3) is 0.188. The van der Waals surface area contributed by atoms with Gasteiger partial charge in [-0.3, -0.25) is 4.79 Å². The van der Waals surface area contributed by atoms with Gasteiger partial charge < -0.3 is 10.2 Å². The second-order valence-corrected chi connectivity index (χ2v) is 4.49. The van der Waals surface area contributed by atoms with Gasteiger partial charge in [-0.25, -0.2) is 0 Å². The molecule has 0 fully saturated rings. The highest BCUT2D eigenvalue weighted by Gasteiger charge is 2.31. The van der Waals surface area contributed by atoms with E-state index in [1.807, 2.05) is 60.7 Å². The van der Waals surface area contributed by atoms with Crippen molar-refractivity contribution in [1.29, 1.82) is 0 Å². The Morgan fingerprint density at radius 3 is 1.68 bits per heavy atom. The quantitative estimate of drug-likeness (QED) is 0.864. The minimum Gasteiger partial charge on any atom is -0.481 e. The molecular formula is C16H16O3. The normalized spacial score (nSPS) is 11.2. The first-order chi connectivity index (χ1) is 9.13. The van der Waals surface area contributed by atoms with Crippen LogP contribution < -0.4 is 0 Å². The average Bonchev–Trinajstić information content (AvgIpc) is 2.46. The van der Waals surface area contributed by atoms with Crippen molar-refractivity contribution in [3.8, 4) is 0 Å². The van der Waals surface area contributed by atoms with Gasteiger partial charge >= 0.3 is 5.97 Å². The Kier molecular flexibility index (Phi) is 3.97. The van der Waals surface area contributed by atoms with Gasteiger partial charge in [0.1, 0.15) is 5.60 Å². The van der Waals surface area contributed by atoms with Gasteiger partial charge in [0, 0.05) is 6.42 Å². The Bertz CT molecular complexity index is 495. The number of aliphatic carboxylic acids is 1. The van der Waals surface area contributed by atoms with Crippen LogP contribution in [0.2, 0.25) is 0 Å². The third-order valence-electron chi connectivity index (χ3n) is 3.20. The van der Waals surface area contributed by atoms with Gasteiger partial charge in [0.2, 0.25) is 0 Å². The Morgan fingerprint density at radius 2 is 1.32 bits per heavy atom. The zero-order valence-electron chi connectivity index (χ0n) is 10.5. The van der Waals surface area contributed by atoms with Crippen molar-refractivity contribution in [2.24, 2.45) is 0 Å². The number of carboxylic acid groups (broad SMARTS) is 1. The number of rotatable bonds is 5. The van der Waals surface area contributed by atoms with Gasteiger partial charge in [-0.05, 0) is 17.5 Å². The maximum Gasteiger partial charge on any atom is 0.303 e. The Hall–Kier alpha value is -2.13. The van der Waals surface area contributed by atoms with Crippen molar-refractivity contribution in [2.75, 3.05) is 0 Å². The molecule has 0 aliphatic rings. The highest BCUT2D eigenvalue weighted by Crippen LogP contribution is 2.33. The summed E-state index contributed by atoms with van der Waals surface area (Å²) in [4.78, 5) is 10.8. The van der Waals surface area contributed by atoms with Crippen molar-refractivity contribution in [3.63, 3.8) is 0 Å². The summed E-state index contributed by atoms with van der Waals surface area (Å²) < 4.78 is 0. The van der Waals surface area contributed by atoms with Crippen molar-refractivity contribution in [2.45, 2.75) is 18.4 Å². The molecule has 0 unspecified atom stereocenters. The molecule has 0 heterocycles. The smallest absolute Gasteiger partial charge is 0.303 e. The van der Waals surface area contributed by atoms with Crippen molar-refractivity contribution >= 4 is 5.97 Å². The Balaban J connectivity index is 2.41. The molecule has 0 atom stereocenters. The maximum absolute atomic E-state index is 10.9. The molecular weight excluding hydrogens is 240 g/mol. The predicted octanol–water partition coefficient (Wildman–Crippen LogP) is 2.79. The Morgan fingerprint density at radius 1 is 0.895 bits per heavy atom. The molecule has 3 nitrogen and oxygen atoms in total. The van der Waals surface area contributed by atoms with E-state index in [1.165, 1.54) is 0 Å². The molecule has 2 aromatic carbocycles. The van der Waals surface area contributed by atoms with Crippen LogP contribution in [0.25, 0.3) is 0 Å². The van der Waals surface area contributed by atoms with Crippen LogP contribution in [0.5, 0.6) is 0 Å². The maximum atomic E-state index is 10.9. The first kappa shape index (κ1) is 13.3. The largest absolute Gasteiger partial charge is 0.481 e. The summed E-state index contributed by atoms with van der Waals surface area (Å²) >= 11 is 0. The number of benzene rings is 2. The summed E-state index contributed by atoms with van der Waals surface area (Å²) in [5.41, 5.74) is 0.158. The molecule has 19 heavy (non-hydrogen) atoms. The molecule has 0 spiro atoms. The van der Waals surface area contributed by atoms with Crippen LogP contribution >= 0.6 is 0 Å². The molecule has 0 amide bonds. The van der Waals surface area contributed by atoms with E-state index in [9.17, 15) is 9.90 Å². The minimum absolute atomic E-state index is 0.0830. The van der Waals surface area contributed by atoms with Crippen molar-refractivity contribution < 1.29 is 15.0 Å². The van der Waals surface area contributed by atoms with Crippen LogP contribution in [0, 0.1) is 0 Å². The van der Waals surface area contributed by atoms with Crippen molar-refractivity contribution in [1.82, 2.24) is 0 Å². The zero-order chi connectivity index (χ0) is 13.7. The van der Waals surface area contributed by atoms with E-state index in [4.69, 9.17) is 5.11 Å². The van der Waals surface area contributed by atoms with E-state index in [0.717, 1.165) is 0 Å². The molecule has 2 rings (SSSR count). The third-order valence-corrected chi connectivity index (χ3v) is 3.20. The molecule has 0 bridgehead atoms. The third kappa shape index (κ3) is 3.01. The van der Waals surface area contributed by atoms with Gasteiger partial charge in [0.25, 0.3) is 0 Å². The highest BCUT2D eigenvalue weighted by atomic mass is 16.4. The summed E-state index contributed by atoms with van der Waals surface area (Å²) in [7, 11) is 0. The van der Waals surface area contributed by atoms with E-state index < -0.39 is 11.6 Å². The number of carbonyl (C=O) groups is 1.